The molecule has 0 spiro atoms. The number of aryl methyl sites for hydroxylation is 2. The van der Waals surface area contributed by atoms with Crippen LogP contribution in [0.15, 0.2) is 30.6 Å². The third-order valence-corrected chi connectivity index (χ3v) is 4.77. The molecule has 4 rings (SSSR count). The van der Waals surface area contributed by atoms with Crippen LogP contribution in [0.3, 0.4) is 0 Å². The van der Waals surface area contributed by atoms with Crippen LogP contribution in [0.5, 0.6) is 0 Å². The number of aromatic nitrogens is 4. The van der Waals surface area contributed by atoms with Crippen molar-refractivity contribution in [3.8, 4) is 0 Å². The number of anilines is 1. The number of fused-ring (bicyclic) bond motifs is 2. The van der Waals surface area contributed by atoms with Gasteiger partial charge in [-0.3, -0.25) is 0 Å². The van der Waals surface area contributed by atoms with Crippen molar-refractivity contribution in [1.82, 2.24) is 19.6 Å². The van der Waals surface area contributed by atoms with Crippen molar-refractivity contribution in [2.45, 2.75) is 45.6 Å². The average Bonchev–Trinajstić information content (AvgIpc) is 3.03. The van der Waals surface area contributed by atoms with Crippen molar-refractivity contribution in [3.63, 3.8) is 0 Å². The second kappa shape index (κ2) is 5.65. The molecule has 1 aromatic carbocycles. The highest BCUT2D eigenvalue weighted by atomic mass is 15.4. The van der Waals surface area contributed by atoms with Gasteiger partial charge in [-0.15, -0.1) is 0 Å². The van der Waals surface area contributed by atoms with E-state index in [0.717, 1.165) is 24.4 Å². The maximum absolute atomic E-state index is 4.55. The Bertz CT molecular complexity index is 852. The van der Waals surface area contributed by atoms with E-state index in [1.807, 2.05) is 11.4 Å². The lowest BCUT2D eigenvalue weighted by Crippen LogP contribution is -2.20. The van der Waals surface area contributed by atoms with E-state index < -0.39 is 0 Å². The molecule has 0 radical (unpaired) electrons. The Hall–Kier alpha value is -2.43. The lowest BCUT2D eigenvalue weighted by molar-refractivity contribution is 0.595. The minimum absolute atomic E-state index is 0.319. The van der Waals surface area contributed by atoms with Crippen LogP contribution in [0.25, 0.3) is 5.78 Å². The van der Waals surface area contributed by atoms with Crippen LogP contribution < -0.4 is 5.32 Å². The second-order valence-corrected chi connectivity index (χ2v) is 6.14. The molecule has 3 aromatic rings. The van der Waals surface area contributed by atoms with Gasteiger partial charge in [0.1, 0.15) is 12.1 Å². The highest BCUT2D eigenvalue weighted by Crippen LogP contribution is 2.33. The summed E-state index contributed by atoms with van der Waals surface area (Å²) in [6.07, 6.45) is 6.01. The van der Waals surface area contributed by atoms with Crippen molar-refractivity contribution in [3.05, 3.63) is 53.0 Å². The molecule has 1 N–H and O–H groups in total. The van der Waals surface area contributed by atoms with E-state index in [9.17, 15) is 0 Å². The first-order chi connectivity index (χ1) is 11.3. The van der Waals surface area contributed by atoms with Gasteiger partial charge in [0.05, 0.1) is 6.04 Å². The molecule has 0 unspecified atom stereocenters. The number of rotatable bonds is 3. The summed E-state index contributed by atoms with van der Waals surface area (Å²) in [5.74, 6) is 1.69. The summed E-state index contributed by atoms with van der Waals surface area (Å²) in [6.45, 7) is 4.21. The largest absolute Gasteiger partial charge is 0.363 e. The Morgan fingerprint density at radius 1 is 1.30 bits per heavy atom. The Kier molecular flexibility index (Phi) is 3.48. The minimum atomic E-state index is 0.319. The summed E-state index contributed by atoms with van der Waals surface area (Å²) in [5, 5.41) is 8.12. The average molecular weight is 307 g/mol. The van der Waals surface area contributed by atoms with Crippen LogP contribution in [0, 0.1) is 6.92 Å². The van der Waals surface area contributed by atoms with E-state index in [0.29, 0.717) is 11.8 Å². The third-order valence-electron chi connectivity index (χ3n) is 4.77. The standard InChI is InChI=1S/C18H21N5/c1-3-14-12(2)21-18-19-11-20-23(18)17(14)22-16-10-6-8-13-7-4-5-9-15(13)16/h4-5,7,9,11,16,22H,3,6,8,10H2,1-2H3/t16-/m0/s1. The summed E-state index contributed by atoms with van der Waals surface area (Å²) >= 11 is 0. The number of nitrogens with zero attached hydrogens (tertiary/aromatic N) is 4. The van der Waals surface area contributed by atoms with Crippen LogP contribution in [0.4, 0.5) is 5.82 Å². The zero-order valence-corrected chi connectivity index (χ0v) is 13.6. The van der Waals surface area contributed by atoms with Gasteiger partial charge in [0.15, 0.2) is 0 Å². The zero-order chi connectivity index (χ0) is 15.8. The number of hydrogen-bond acceptors (Lipinski definition) is 4. The number of hydrogen-bond donors (Lipinski definition) is 1. The molecule has 1 atom stereocenters. The summed E-state index contributed by atoms with van der Waals surface area (Å²) in [7, 11) is 0. The third kappa shape index (κ3) is 2.36. The smallest absolute Gasteiger partial charge is 0.254 e. The molecule has 5 nitrogen and oxygen atoms in total. The van der Waals surface area contributed by atoms with E-state index in [1.54, 1.807) is 6.33 Å². The maximum atomic E-state index is 4.55. The first kappa shape index (κ1) is 14.2. The maximum Gasteiger partial charge on any atom is 0.254 e. The molecule has 23 heavy (non-hydrogen) atoms. The highest BCUT2D eigenvalue weighted by Gasteiger charge is 2.22. The molecule has 2 heterocycles. The van der Waals surface area contributed by atoms with Crippen LogP contribution >= 0.6 is 0 Å². The van der Waals surface area contributed by atoms with Crippen molar-refractivity contribution < 1.29 is 0 Å². The van der Waals surface area contributed by atoms with Gasteiger partial charge in [-0.2, -0.15) is 14.6 Å². The fourth-order valence-corrected chi connectivity index (χ4v) is 3.63. The number of benzene rings is 1. The Morgan fingerprint density at radius 3 is 3.04 bits per heavy atom. The fourth-order valence-electron chi connectivity index (χ4n) is 3.63. The summed E-state index contributed by atoms with van der Waals surface area (Å²) in [4.78, 5) is 8.81. The topological polar surface area (TPSA) is 55.1 Å². The monoisotopic (exact) mass is 307 g/mol. The molecule has 2 aromatic heterocycles. The van der Waals surface area contributed by atoms with Crippen LogP contribution in [0.1, 0.15) is 48.2 Å². The molecule has 1 aliphatic carbocycles. The van der Waals surface area contributed by atoms with Gasteiger partial charge in [-0.05, 0) is 43.7 Å². The molecule has 0 fully saturated rings. The molecule has 0 amide bonds. The van der Waals surface area contributed by atoms with Crippen molar-refractivity contribution >= 4 is 11.6 Å². The summed E-state index contributed by atoms with van der Waals surface area (Å²) in [6, 6.07) is 9.06. The van der Waals surface area contributed by atoms with Gasteiger partial charge >= 0.3 is 0 Å². The van der Waals surface area contributed by atoms with Gasteiger partial charge in [-0.1, -0.05) is 31.2 Å². The van der Waals surface area contributed by atoms with Crippen molar-refractivity contribution in [2.75, 3.05) is 5.32 Å². The molecular weight excluding hydrogens is 286 g/mol. The molecule has 5 heteroatoms. The quantitative estimate of drug-likeness (QED) is 0.805. The van der Waals surface area contributed by atoms with Crippen molar-refractivity contribution in [1.29, 1.82) is 0 Å². The van der Waals surface area contributed by atoms with Crippen LogP contribution in [-0.2, 0) is 12.8 Å². The normalized spacial score (nSPS) is 17.2. The first-order valence-electron chi connectivity index (χ1n) is 8.31. The van der Waals surface area contributed by atoms with Gasteiger partial charge in [0, 0.05) is 11.3 Å². The Labute approximate surface area is 135 Å². The second-order valence-electron chi connectivity index (χ2n) is 6.14. The van der Waals surface area contributed by atoms with E-state index in [-0.39, 0.29) is 0 Å². The molecular formula is C18H21N5. The predicted molar refractivity (Wildman–Crippen MR) is 90.6 cm³/mol. The van der Waals surface area contributed by atoms with E-state index in [4.69, 9.17) is 0 Å². The number of nitrogens with one attached hydrogen (secondary N) is 1. The lowest BCUT2D eigenvalue weighted by Gasteiger charge is -2.28. The first-order valence-corrected chi connectivity index (χ1v) is 8.31. The van der Waals surface area contributed by atoms with Gasteiger partial charge in [-0.25, -0.2) is 4.98 Å². The molecule has 1 aliphatic rings. The van der Waals surface area contributed by atoms with E-state index in [2.05, 4.69) is 51.6 Å². The van der Waals surface area contributed by atoms with Crippen LogP contribution in [0.2, 0.25) is 0 Å². The molecule has 0 aliphatic heterocycles. The zero-order valence-electron chi connectivity index (χ0n) is 13.6. The highest BCUT2D eigenvalue weighted by molar-refractivity contribution is 5.54. The molecule has 0 bridgehead atoms. The lowest BCUT2D eigenvalue weighted by atomic mass is 9.87. The SMILES string of the molecule is CCc1c(C)nc2ncnn2c1N[C@H]1CCCc2ccccc21. The minimum Gasteiger partial charge on any atom is -0.363 e. The van der Waals surface area contributed by atoms with E-state index >= 15 is 0 Å². The van der Waals surface area contributed by atoms with Crippen LogP contribution in [-0.4, -0.2) is 19.6 Å². The Morgan fingerprint density at radius 2 is 2.17 bits per heavy atom. The summed E-state index contributed by atoms with van der Waals surface area (Å²) < 4.78 is 1.84. The predicted octanol–water partition coefficient (Wildman–Crippen LogP) is 3.48. The van der Waals surface area contributed by atoms with E-state index in [1.165, 1.54) is 29.5 Å². The molecule has 0 saturated carbocycles. The fraction of sp³-hybridized carbons (Fsp3) is 0.389. The molecule has 118 valence electrons. The van der Waals surface area contributed by atoms with Crippen molar-refractivity contribution in [2.24, 2.45) is 0 Å². The summed E-state index contributed by atoms with van der Waals surface area (Å²) in [5.41, 5.74) is 5.10. The Balaban J connectivity index is 1.81. The van der Waals surface area contributed by atoms with Gasteiger partial charge in [0.2, 0.25) is 0 Å². The van der Waals surface area contributed by atoms with Gasteiger partial charge < -0.3 is 5.32 Å². The molecule has 0 saturated heterocycles. The van der Waals surface area contributed by atoms with Gasteiger partial charge in [0.25, 0.3) is 5.78 Å².